The first-order valence-electron chi connectivity index (χ1n) is 10.1. The van der Waals surface area contributed by atoms with Gasteiger partial charge in [-0.25, -0.2) is 18.2 Å². The highest BCUT2D eigenvalue weighted by Crippen LogP contribution is 2.37. The quantitative estimate of drug-likeness (QED) is 0.444. The first kappa shape index (κ1) is 21.3. The number of anilines is 1. The molecule has 0 fully saturated rings. The second-order valence-corrected chi connectivity index (χ2v) is 8.09. The number of aromatic nitrogens is 5. The Morgan fingerprint density at radius 1 is 1.24 bits per heavy atom. The Labute approximate surface area is 191 Å². The van der Waals surface area contributed by atoms with E-state index < -0.39 is 24.9 Å². The molecule has 1 aliphatic heterocycles. The summed E-state index contributed by atoms with van der Waals surface area (Å²) in [4.78, 5) is 4.19. The third-order valence-corrected chi connectivity index (χ3v) is 5.67. The van der Waals surface area contributed by atoms with Gasteiger partial charge in [-0.1, -0.05) is 11.6 Å². The van der Waals surface area contributed by atoms with Crippen molar-refractivity contribution in [3.63, 3.8) is 0 Å². The molecule has 5 rings (SSSR count). The minimum absolute atomic E-state index is 0.121. The van der Waals surface area contributed by atoms with Crippen LogP contribution >= 0.6 is 11.6 Å². The third kappa shape index (κ3) is 3.91. The highest BCUT2D eigenvalue weighted by atomic mass is 35.5. The maximum atomic E-state index is 14.2. The Kier molecular flexibility index (Phi) is 5.24. The number of halogens is 4. The lowest BCUT2D eigenvalue weighted by molar-refractivity contribution is 0.122. The third-order valence-electron chi connectivity index (χ3n) is 5.48. The number of hydrogen-bond acceptors (Lipinski definition) is 5. The van der Waals surface area contributed by atoms with Gasteiger partial charge in [-0.3, -0.25) is 9.36 Å². The van der Waals surface area contributed by atoms with Crippen LogP contribution in [0.1, 0.15) is 24.2 Å². The molecule has 1 atom stereocenters. The van der Waals surface area contributed by atoms with Crippen LogP contribution in [0.4, 0.5) is 19.0 Å². The summed E-state index contributed by atoms with van der Waals surface area (Å²) < 4.78 is 49.6. The highest BCUT2D eigenvalue weighted by molar-refractivity contribution is 6.29. The van der Waals surface area contributed by atoms with Crippen LogP contribution in [0.3, 0.4) is 0 Å². The van der Waals surface area contributed by atoms with Gasteiger partial charge in [0.15, 0.2) is 16.7 Å². The van der Waals surface area contributed by atoms with Gasteiger partial charge in [0.25, 0.3) is 6.43 Å². The van der Waals surface area contributed by atoms with E-state index in [1.165, 1.54) is 29.2 Å². The Bertz CT molecular complexity index is 1350. The predicted molar refractivity (Wildman–Crippen MR) is 117 cm³/mol. The standard InChI is InChI=1S/C22H18ClF3N6O/c1-11-16-5-14(24)2-3-15(16)17-6-19(23)30-31(17)9-13-8-29-32(10-20(25)26)21(13)12-4-18(33-11)22(27)28-7-12/h2-8,11,20H,9-10H2,1H3,(H2,27,28)/t11-/m1/s1. The zero-order valence-corrected chi connectivity index (χ0v) is 18.1. The van der Waals surface area contributed by atoms with E-state index in [1.54, 1.807) is 29.8 Å². The summed E-state index contributed by atoms with van der Waals surface area (Å²) in [6.07, 6.45) is -0.244. The number of ether oxygens (including phenoxy) is 1. The lowest BCUT2D eigenvalue weighted by Gasteiger charge is -2.21. The molecule has 1 aliphatic rings. The van der Waals surface area contributed by atoms with E-state index in [1.807, 2.05) is 0 Å². The highest BCUT2D eigenvalue weighted by Gasteiger charge is 2.24. The van der Waals surface area contributed by atoms with Gasteiger partial charge < -0.3 is 10.5 Å². The van der Waals surface area contributed by atoms with Crippen LogP contribution in [0.25, 0.3) is 22.5 Å². The van der Waals surface area contributed by atoms with Gasteiger partial charge in [0.05, 0.1) is 24.1 Å². The summed E-state index contributed by atoms with van der Waals surface area (Å²) in [5, 5.41) is 8.77. The molecule has 2 bridgehead atoms. The van der Waals surface area contributed by atoms with Crippen molar-refractivity contribution in [2.24, 2.45) is 0 Å². The van der Waals surface area contributed by atoms with Gasteiger partial charge in [0.1, 0.15) is 18.5 Å². The second kappa shape index (κ2) is 8.11. The summed E-state index contributed by atoms with van der Waals surface area (Å²) in [5.74, 6) is -0.0582. The number of fused-ring (bicyclic) bond motifs is 7. The van der Waals surface area contributed by atoms with Gasteiger partial charge >= 0.3 is 0 Å². The summed E-state index contributed by atoms with van der Waals surface area (Å²) in [5.41, 5.74) is 9.44. The lowest BCUT2D eigenvalue weighted by Crippen LogP contribution is -2.13. The van der Waals surface area contributed by atoms with Crippen LogP contribution < -0.4 is 10.5 Å². The average molecular weight is 475 g/mol. The molecule has 33 heavy (non-hydrogen) atoms. The van der Waals surface area contributed by atoms with Gasteiger partial charge in [0, 0.05) is 34.5 Å². The SMILES string of the molecule is C[C@H]1Oc2cc(cnc2N)-c2c(cnn2CC(F)F)Cn2nc(Cl)cc2-c2ccc(F)cc21. The Hall–Kier alpha value is -3.53. The summed E-state index contributed by atoms with van der Waals surface area (Å²) in [6.45, 7) is 1.35. The number of nitrogen functional groups attached to an aromatic ring is 1. The first-order valence-corrected chi connectivity index (χ1v) is 10.5. The number of hydrogen-bond donors (Lipinski definition) is 1. The molecule has 0 saturated heterocycles. The molecule has 0 saturated carbocycles. The molecule has 7 nitrogen and oxygen atoms in total. The van der Waals surface area contributed by atoms with Gasteiger partial charge in [-0.15, -0.1) is 0 Å². The average Bonchev–Trinajstić information content (AvgIpc) is 3.31. The Balaban J connectivity index is 1.78. The minimum atomic E-state index is -2.61. The van der Waals surface area contributed by atoms with Gasteiger partial charge in [0.2, 0.25) is 0 Å². The van der Waals surface area contributed by atoms with E-state index in [0.717, 1.165) is 0 Å². The molecule has 0 radical (unpaired) electrons. The number of pyridine rings is 1. The summed E-state index contributed by atoms with van der Waals surface area (Å²) in [6, 6.07) is 7.63. The Morgan fingerprint density at radius 2 is 2.06 bits per heavy atom. The zero-order valence-electron chi connectivity index (χ0n) is 17.3. The van der Waals surface area contributed by atoms with Crippen LogP contribution in [0.15, 0.2) is 42.7 Å². The van der Waals surface area contributed by atoms with Gasteiger partial charge in [-0.05, 0) is 31.2 Å². The van der Waals surface area contributed by atoms with Crippen molar-refractivity contribution in [2.45, 2.75) is 32.5 Å². The first-order chi connectivity index (χ1) is 15.8. The maximum absolute atomic E-state index is 14.2. The number of alkyl halides is 2. The molecule has 0 spiro atoms. The van der Waals surface area contributed by atoms with Crippen LogP contribution in [-0.2, 0) is 13.1 Å². The fraction of sp³-hybridized carbons (Fsp3) is 0.227. The number of nitrogens with two attached hydrogens (primary N) is 1. The molecule has 4 aromatic rings. The molecule has 0 unspecified atom stereocenters. The number of rotatable bonds is 2. The summed E-state index contributed by atoms with van der Waals surface area (Å²) >= 11 is 6.23. The van der Waals surface area contributed by atoms with Crippen molar-refractivity contribution < 1.29 is 17.9 Å². The van der Waals surface area contributed by atoms with Crippen LogP contribution in [0.5, 0.6) is 5.75 Å². The van der Waals surface area contributed by atoms with Crippen molar-refractivity contribution >= 4 is 17.4 Å². The van der Waals surface area contributed by atoms with Crippen molar-refractivity contribution in [1.29, 1.82) is 0 Å². The molecular formula is C22H18ClF3N6O. The van der Waals surface area contributed by atoms with E-state index in [2.05, 4.69) is 15.2 Å². The van der Waals surface area contributed by atoms with E-state index in [-0.39, 0.29) is 23.3 Å². The number of benzene rings is 1. The molecule has 1 aromatic carbocycles. The summed E-state index contributed by atoms with van der Waals surface area (Å²) in [7, 11) is 0. The van der Waals surface area contributed by atoms with E-state index in [0.29, 0.717) is 33.6 Å². The largest absolute Gasteiger partial charge is 0.482 e. The van der Waals surface area contributed by atoms with Crippen molar-refractivity contribution in [3.05, 3.63) is 64.8 Å². The zero-order chi connectivity index (χ0) is 23.3. The predicted octanol–water partition coefficient (Wildman–Crippen LogP) is 4.95. The van der Waals surface area contributed by atoms with E-state index in [9.17, 15) is 13.2 Å². The molecular weight excluding hydrogens is 457 g/mol. The fourth-order valence-electron chi connectivity index (χ4n) is 4.06. The van der Waals surface area contributed by atoms with Crippen molar-refractivity contribution in [2.75, 3.05) is 5.73 Å². The van der Waals surface area contributed by atoms with Crippen LogP contribution in [0, 0.1) is 5.82 Å². The molecule has 3 aromatic heterocycles. The van der Waals surface area contributed by atoms with Crippen molar-refractivity contribution in [3.8, 4) is 28.3 Å². The monoisotopic (exact) mass is 474 g/mol. The van der Waals surface area contributed by atoms with Gasteiger partial charge in [-0.2, -0.15) is 10.2 Å². The normalized spacial score (nSPS) is 15.2. The molecule has 0 aliphatic carbocycles. The lowest BCUT2D eigenvalue weighted by atomic mass is 9.99. The van der Waals surface area contributed by atoms with E-state index in [4.69, 9.17) is 22.1 Å². The number of nitrogens with zero attached hydrogens (tertiary/aromatic N) is 5. The van der Waals surface area contributed by atoms with Crippen molar-refractivity contribution in [1.82, 2.24) is 24.5 Å². The molecule has 2 N–H and O–H groups in total. The Morgan fingerprint density at radius 3 is 2.85 bits per heavy atom. The molecule has 4 heterocycles. The fourth-order valence-corrected chi connectivity index (χ4v) is 4.26. The molecule has 170 valence electrons. The molecule has 11 heteroatoms. The van der Waals surface area contributed by atoms with Crippen LogP contribution in [0.2, 0.25) is 5.15 Å². The minimum Gasteiger partial charge on any atom is -0.482 e. The smallest absolute Gasteiger partial charge is 0.257 e. The molecule has 0 amide bonds. The maximum Gasteiger partial charge on any atom is 0.257 e. The van der Waals surface area contributed by atoms with E-state index >= 15 is 0 Å². The second-order valence-electron chi connectivity index (χ2n) is 7.70. The topological polar surface area (TPSA) is 83.8 Å². The van der Waals surface area contributed by atoms with Crippen LogP contribution in [-0.4, -0.2) is 31.0 Å².